The lowest BCUT2D eigenvalue weighted by atomic mass is 10.1. The number of aliphatic carboxylic acids is 1. The largest absolute Gasteiger partial charge is 0.481 e. The van der Waals surface area contributed by atoms with E-state index in [9.17, 15) is 38.4 Å². The normalized spacial score (nSPS) is 9.25. The van der Waals surface area contributed by atoms with Gasteiger partial charge in [-0.3, -0.25) is 19.2 Å². The number of carbonyl (C=O) groups is 8. The molecule has 0 atom stereocenters. The van der Waals surface area contributed by atoms with Crippen molar-refractivity contribution >= 4 is 61.9 Å². The van der Waals surface area contributed by atoms with E-state index < -0.39 is 17.9 Å². The number of aliphatic hydroxyl groups excluding tert-OH is 3. The molecule has 0 aliphatic heterocycles. The van der Waals surface area contributed by atoms with Crippen LogP contribution in [0, 0.1) is 0 Å². The number of hydrogen-bond acceptors (Lipinski definition) is 16. The number of ether oxygens (including phenoxy) is 3. The summed E-state index contributed by atoms with van der Waals surface area (Å²) >= 11 is 0. The highest BCUT2D eigenvalue weighted by Gasteiger charge is 2.07. The van der Waals surface area contributed by atoms with Gasteiger partial charge in [0.1, 0.15) is 23.1 Å². The second kappa shape index (κ2) is 61.6. The summed E-state index contributed by atoms with van der Waals surface area (Å²) < 4.78 is 36.6. The SMILES string of the molecule is CC(=O)CCC(=O)O.CC(=O)CCC(=O)OCCCCO.CC(=O)CCC(=O)OCCCCOC(=O)CCC(C)=O.O.O.OCCCCO.[2H]B(C)OC.[2H]B(C)OC. The number of carboxylic acid groups (broad SMARTS) is 1. The molecule has 0 bridgehead atoms. The summed E-state index contributed by atoms with van der Waals surface area (Å²) in [5.41, 5.74) is 0. The van der Waals surface area contributed by atoms with Crippen molar-refractivity contribution in [1.29, 1.82) is 2.67 Å². The first-order chi connectivity index (χ1) is 26.7. The average Bonchev–Trinajstić information content (AvgIpc) is 3.14. The monoisotopic (exact) mass is 835 g/mol. The average molecular weight is 835 g/mol. The van der Waals surface area contributed by atoms with Crippen molar-refractivity contribution in [2.24, 2.45) is 0 Å². The Balaban J connectivity index is -0.0000000959. The molecule has 0 aromatic rings. The van der Waals surface area contributed by atoms with E-state index in [0.717, 1.165) is 12.8 Å². The fraction of sp³-hybridized carbons (Fsp3) is 0.778. The second-order valence-corrected chi connectivity index (χ2v) is 11.1. The van der Waals surface area contributed by atoms with E-state index in [4.69, 9.17) is 37.3 Å². The molecule has 21 heteroatoms. The van der Waals surface area contributed by atoms with Crippen molar-refractivity contribution in [1.82, 2.24) is 0 Å². The van der Waals surface area contributed by atoms with E-state index in [1.807, 2.05) is 0 Å². The second-order valence-electron chi connectivity index (χ2n) is 11.1. The predicted molar refractivity (Wildman–Crippen MR) is 216 cm³/mol. The minimum absolute atomic E-state index is 0. The van der Waals surface area contributed by atoms with Gasteiger partial charge in [0.05, 0.1) is 45.5 Å². The van der Waals surface area contributed by atoms with Crippen LogP contribution in [0.2, 0.25) is 13.6 Å². The lowest BCUT2D eigenvalue weighted by Gasteiger charge is -2.05. The molecule has 0 aliphatic rings. The molecule has 8 N–H and O–H groups in total. The third kappa shape index (κ3) is 100. The molecule has 0 spiro atoms. The Hall–Kier alpha value is -3.59. The number of rotatable bonds is 26. The first-order valence-electron chi connectivity index (χ1n) is 19.2. The van der Waals surface area contributed by atoms with E-state index in [1.54, 1.807) is 13.6 Å². The molecule has 0 radical (unpaired) electrons. The van der Waals surface area contributed by atoms with Gasteiger partial charge in [0.25, 0.3) is 14.9 Å². The Morgan fingerprint density at radius 3 is 0.842 bits per heavy atom. The molecule has 0 unspecified atom stereocenters. The van der Waals surface area contributed by atoms with Crippen LogP contribution < -0.4 is 0 Å². The summed E-state index contributed by atoms with van der Waals surface area (Å²) in [7, 11) is 2.29. The predicted octanol–water partition coefficient (Wildman–Crippen LogP) is 0.870. The van der Waals surface area contributed by atoms with Crippen LogP contribution in [-0.2, 0) is 61.9 Å². The summed E-state index contributed by atoms with van der Waals surface area (Å²) in [6.45, 7) is 10.3. The minimum Gasteiger partial charge on any atom is -0.481 e. The summed E-state index contributed by atoms with van der Waals surface area (Å²) in [4.78, 5) is 84.8. The molecule has 338 valence electrons. The summed E-state index contributed by atoms with van der Waals surface area (Å²) in [6.07, 6.45) is 5.05. The zero-order valence-electron chi connectivity index (χ0n) is 37.4. The van der Waals surface area contributed by atoms with Crippen LogP contribution in [0.4, 0.5) is 0 Å². The molecule has 0 aromatic heterocycles. The molecule has 0 saturated carbocycles. The van der Waals surface area contributed by atoms with Gasteiger partial charge < -0.3 is 74.1 Å². The Bertz CT molecular complexity index is 976. The van der Waals surface area contributed by atoms with Crippen LogP contribution >= 0.6 is 0 Å². The summed E-state index contributed by atoms with van der Waals surface area (Å²) in [5.74, 6) is -2.20. The van der Waals surface area contributed by atoms with E-state index in [0.29, 0.717) is 32.3 Å². The van der Waals surface area contributed by atoms with Crippen molar-refractivity contribution in [2.75, 3.05) is 53.9 Å². The van der Waals surface area contributed by atoms with Crippen LogP contribution in [0.5, 0.6) is 0 Å². The molecule has 0 amide bonds. The smallest absolute Gasteiger partial charge is 0.306 e. The number of Topliss-reactive ketones (excluding diaryl/α,β-unsaturated/α-hetero) is 4. The van der Waals surface area contributed by atoms with Crippen molar-refractivity contribution in [3.63, 3.8) is 0 Å². The van der Waals surface area contributed by atoms with Crippen LogP contribution in [0.25, 0.3) is 0 Å². The zero-order valence-corrected chi connectivity index (χ0v) is 35.4. The fourth-order valence-corrected chi connectivity index (χ4v) is 2.53. The number of carbonyl (C=O) groups excluding carboxylic acids is 7. The minimum atomic E-state index is -0.916. The third-order valence-electron chi connectivity index (χ3n) is 5.65. The van der Waals surface area contributed by atoms with E-state index >= 15 is 0 Å². The lowest BCUT2D eigenvalue weighted by Crippen LogP contribution is -2.10. The first kappa shape index (κ1) is 65.3. The van der Waals surface area contributed by atoms with Crippen molar-refractivity contribution in [3.05, 3.63) is 0 Å². The molecule has 57 heavy (non-hydrogen) atoms. The molecule has 0 fully saturated rings. The Morgan fingerprint density at radius 1 is 0.456 bits per heavy atom. The summed E-state index contributed by atoms with van der Waals surface area (Å²) in [6, 6.07) is 0. The lowest BCUT2D eigenvalue weighted by molar-refractivity contribution is -0.146. The fourth-order valence-electron chi connectivity index (χ4n) is 2.53. The quantitative estimate of drug-likeness (QED) is 0.0406. The van der Waals surface area contributed by atoms with Gasteiger partial charge in [-0.05, 0) is 66.2 Å². The summed E-state index contributed by atoms with van der Waals surface area (Å²) in [5, 5.41) is 32.6. The number of hydrogen-bond donors (Lipinski definition) is 4. The maximum absolute atomic E-state index is 11.1. The molecule has 0 aliphatic carbocycles. The van der Waals surface area contributed by atoms with Gasteiger partial charge in [0.2, 0.25) is 0 Å². The van der Waals surface area contributed by atoms with Crippen LogP contribution in [0.15, 0.2) is 0 Å². The van der Waals surface area contributed by atoms with Gasteiger partial charge in [-0.25, -0.2) is 0 Å². The molecular weight excluding hydrogens is 758 g/mol. The Labute approximate surface area is 342 Å². The highest BCUT2D eigenvalue weighted by atomic mass is 16.5. The number of carboxylic acids is 1. The van der Waals surface area contributed by atoms with Gasteiger partial charge in [0, 0.05) is 62.4 Å². The van der Waals surface area contributed by atoms with E-state index in [-0.39, 0.29) is 139 Å². The molecule has 19 nitrogen and oxygen atoms in total. The third-order valence-corrected chi connectivity index (χ3v) is 5.65. The molecular formula is C36H74B2O19. The molecule has 0 aromatic carbocycles. The number of ketones is 4. The van der Waals surface area contributed by atoms with Crippen LogP contribution in [-0.4, -0.2) is 150 Å². The van der Waals surface area contributed by atoms with Gasteiger partial charge >= 0.3 is 23.9 Å². The van der Waals surface area contributed by atoms with E-state index in [1.165, 1.54) is 41.9 Å². The van der Waals surface area contributed by atoms with Crippen molar-refractivity contribution in [3.8, 4) is 0 Å². The maximum Gasteiger partial charge on any atom is 0.306 e. The molecule has 0 heterocycles. The maximum atomic E-state index is 11.1. The van der Waals surface area contributed by atoms with Crippen molar-refractivity contribution < 1.29 is 93.3 Å². The van der Waals surface area contributed by atoms with Gasteiger partial charge in [-0.2, -0.15) is 0 Å². The number of esters is 3. The highest BCUT2D eigenvalue weighted by molar-refractivity contribution is 6.24. The van der Waals surface area contributed by atoms with Gasteiger partial charge in [-0.15, -0.1) is 0 Å². The molecule has 0 saturated heterocycles. The topological polar surface area (TPSA) is 327 Å². The highest BCUT2D eigenvalue weighted by Crippen LogP contribution is 2.00. The Kier molecular flexibility index (Phi) is 70.6. The van der Waals surface area contributed by atoms with Crippen LogP contribution in [0.3, 0.4) is 0 Å². The standard InChI is InChI=1S/C14H22O6.C9H16O4.C5H8O3.C4H10O2.2C2H7BO.2H2O/c1-11(15)5-7-13(17)19-9-3-4-10-20-14(18)8-6-12(2)16;1-8(11)4-5-9(12)13-7-3-2-6-10;1-4(6)2-3-5(7)8;5-3-1-2-4-6;2*1-3-4-2;;/h3-10H2,1-2H3;10H,2-7H2,1H3;2-3H2,1H3,(H,7,8);5-6H,1-4H2;2*3H,1-2H3;2*1H2/i;;;;2*3D;;. The van der Waals surface area contributed by atoms with Gasteiger partial charge in [-0.1, -0.05) is 13.6 Å². The zero-order chi connectivity index (χ0) is 45.5. The number of unbranched alkanes of at least 4 members (excludes halogenated alkanes) is 3. The first-order valence-corrected chi connectivity index (χ1v) is 18.1. The Morgan fingerprint density at radius 2 is 0.667 bits per heavy atom. The van der Waals surface area contributed by atoms with Crippen LogP contribution in [0.1, 0.15) is 118 Å². The van der Waals surface area contributed by atoms with E-state index in [2.05, 4.69) is 9.31 Å². The van der Waals surface area contributed by atoms with Crippen molar-refractivity contribution in [2.45, 2.75) is 131 Å². The van der Waals surface area contributed by atoms with Gasteiger partial charge in [0.15, 0.2) is 0 Å². The molecule has 0 rings (SSSR count). The number of aliphatic hydroxyl groups is 3.